The van der Waals surface area contributed by atoms with Gasteiger partial charge in [0.2, 0.25) is 5.78 Å². The van der Waals surface area contributed by atoms with Crippen LogP contribution < -0.4 is 11.3 Å². The Balaban J connectivity index is 1.31. The highest BCUT2D eigenvalue weighted by Gasteiger charge is 2.28. The Hall–Kier alpha value is -3.96. The van der Waals surface area contributed by atoms with Crippen LogP contribution in [0.15, 0.2) is 69.0 Å². The maximum atomic E-state index is 14.3. The first-order chi connectivity index (χ1) is 21.1. The van der Waals surface area contributed by atoms with Gasteiger partial charge in [0.15, 0.2) is 5.82 Å². The number of hydrogen-bond acceptors (Lipinski definition) is 8. The third kappa shape index (κ3) is 6.09. The van der Waals surface area contributed by atoms with Crippen molar-refractivity contribution >= 4 is 17.5 Å². The monoisotopic (exact) mass is 600 g/mol. The van der Waals surface area contributed by atoms with Crippen molar-refractivity contribution in [1.82, 2.24) is 29.3 Å². The fraction of sp³-hybridized carbons (Fsp3) is 0.406. The lowest BCUT2D eigenvalue weighted by atomic mass is 9.92. The highest BCUT2D eigenvalue weighted by Crippen LogP contribution is 2.32. The normalized spacial score (nSPS) is 17.1. The van der Waals surface area contributed by atoms with Crippen LogP contribution >= 0.6 is 11.8 Å². The summed E-state index contributed by atoms with van der Waals surface area (Å²) in [5, 5.41) is 8.44. The number of H-pyrrole nitrogens is 1. The van der Waals surface area contributed by atoms with Crippen molar-refractivity contribution in [3.63, 3.8) is 0 Å². The highest BCUT2D eigenvalue weighted by atomic mass is 32.2. The lowest BCUT2D eigenvalue weighted by molar-refractivity contribution is 0.0286. The van der Waals surface area contributed by atoms with Gasteiger partial charge in [0.05, 0.1) is 18.4 Å². The number of nitrogens with zero attached hydrogens (tertiary/aromatic N) is 5. The summed E-state index contributed by atoms with van der Waals surface area (Å²) in [4.78, 5) is 33.0. The second-order valence-corrected chi connectivity index (χ2v) is 12.0. The van der Waals surface area contributed by atoms with Gasteiger partial charge in [0.1, 0.15) is 6.33 Å². The minimum absolute atomic E-state index is 0.0279. The second kappa shape index (κ2) is 13.1. The molecule has 1 saturated carbocycles. The number of aryl methyl sites for hydroxylation is 1. The average molecular weight is 601 g/mol. The first-order valence-electron chi connectivity index (χ1n) is 14.9. The maximum Gasteiger partial charge on any atom is 0.439 e. The van der Waals surface area contributed by atoms with Crippen LogP contribution in [0.2, 0.25) is 0 Å². The lowest BCUT2D eigenvalue weighted by Gasteiger charge is -2.30. The Kier molecular flexibility index (Phi) is 8.90. The molecular weight excluding hydrogens is 564 g/mol. The fourth-order valence-corrected chi connectivity index (χ4v) is 6.40. The summed E-state index contributed by atoms with van der Waals surface area (Å²) in [7, 11) is 0. The second-order valence-electron chi connectivity index (χ2n) is 11.0. The summed E-state index contributed by atoms with van der Waals surface area (Å²) in [6.45, 7) is 2.88. The molecule has 2 aromatic carbocycles. The van der Waals surface area contributed by atoms with E-state index < -0.39 is 5.76 Å². The smallest absolute Gasteiger partial charge is 0.377 e. The maximum absolute atomic E-state index is 14.3. The summed E-state index contributed by atoms with van der Waals surface area (Å²) in [5.74, 6) is 1.42. The van der Waals surface area contributed by atoms with Crippen LogP contribution in [0.5, 0.6) is 0 Å². The number of aromatic nitrogens is 6. The zero-order chi connectivity index (χ0) is 29.8. The number of benzene rings is 2. The van der Waals surface area contributed by atoms with Gasteiger partial charge in [-0.1, -0.05) is 67.0 Å². The summed E-state index contributed by atoms with van der Waals surface area (Å²) in [6.07, 6.45) is 9.65. The molecule has 0 atom stereocenters. The van der Waals surface area contributed by atoms with Gasteiger partial charge in [-0.25, -0.2) is 9.31 Å². The number of hydrogen-bond donors (Lipinski definition) is 1. The quantitative estimate of drug-likeness (QED) is 0.203. The van der Waals surface area contributed by atoms with E-state index in [0.717, 1.165) is 84.4 Å². The van der Waals surface area contributed by atoms with Gasteiger partial charge in [-0.05, 0) is 55.1 Å². The topological polar surface area (TPSA) is 120 Å². The minimum Gasteiger partial charge on any atom is -0.377 e. The molecule has 0 radical (unpaired) electrons. The van der Waals surface area contributed by atoms with Gasteiger partial charge in [0, 0.05) is 29.3 Å². The third-order valence-corrected chi connectivity index (χ3v) is 8.81. The fourth-order valence-electron chi connectivity index (χ4n) is 6.14. The van der Waals surface area contributed by atoms with Gasteiger partial charge < -0.3 is 4.74 Å². The van der Waals surface area contributed by atoms with Crippen molar-refractivity contribution in [3.05, 3.63) is 92.6 Å². The van der Waals surface area contributed by atoms with Crippen molar-refractivity contribution < 1.29 is 9.26 Å². The van der Waals surface area contributed by atoms with Crippen molar-refractivity contribution in [1.29, 1.82) is 0 Å². The molecule has 0 aliphatic heterocycles. The summed E-state index contributed by atoms with van der Waals surface area (Å²) in [6, 6.07) is 16.0. The Bertz CT molecular complexity index is 1800. The summed E-state index contributed by atoms with van der Waals surface area (Å²) >= 11 is 1.79. The number of thioether (sulfide) groups is 1. The van der Waals surface area contributed by atoms with Crippen LogP contribution in [0.3, 0.4) is 0 Å². The number of aromatic amines is 1. The molecular formula is C32H36N6O4S. The summed E-state index contributed by atoms with van der Waals surface area (Å²) < 4.78 is 14.6. The van der Waals surface area contributed by atoms with E-state index in [4.69, 9.17) is 9.26 Å². The molecule has 0 bridgehead atoms. The molecule has 3 heterocycles. The van der Waals surface area contributed by atoms with Crippen LogP contribution in [-0.4, -0.2) is 54.0 Å². The van der Waals surface area contributed by atoms with Crippen LogP contribution in [0.1, 0.15) is 61.9 Å². The standard InChI is InChI=1S/C32H36N6O4S/c1-3-6-28-27(19-21-9-11-22(12-10-21)25-7-4-5-8-26(25)29-35-32(40)42-36-29)30(39)37(31-33-20-34-38(28)31)23-13-15-24(16-14-23)41-17-18-43-2/h4-5,7-12,20,23-24H,3,6,13-19H2,1-2H3,(H,35,36,40)/t23-,24-. The molecule has 1 fully saturated rings. The largest absolute Gasteiger partial charge is 0.439 e. The predicted octanol–water partition coefficient (Wildman–Crippen LogP) is 5.31. The first kappa shape index (κ1) is 29.1. The minimum atomic E-state index is -0.592. The Morgan fingerprint density at radius 2 is 1.81 bits per heavy atom. The number of fused-ring (bicyclic) bond motifs is 1. The van der Waals surface area contributed by atoms with Gasteiger partial charge in [0.25, 0.3) is 5.56 Å². The third-order valence-electron chi connectivity index (χ3n) is 8.23. The van der Waals surface area contributed by atoms with E-state index in [2.05, 4.69) is 45.5 Å². The van der Waals surface area contributed by atoms with Crippen molar-refractivity contribution in [3.8, 4) is 22.5 Å². The van der Waals surface area contributed by atoms with E-state index in [-0.39, 0.29) is 17.7 Å². The lowest BCUT2D eigenvalue weighted by Crippen LogP contribution is -2.35. The van der Waals surface area contributed by atoms with Crippen molar-refractivity contribution in [2.75, 3.05) is 18.6 Å². The molecule has 0 amide bonds. The number of ether oxygens (including phenoxy) is 1. The molecule has 10 nitrogen and oxygen atoms in total. The zero-order valence-corrected chi connectivity index (χ0v) is 25.3. The van der Waals surface area contributed by atoms with E-state index in [1.165, 1.54) is 0 Å². The Morgan fingerprint density at radius 1 is 1.05 bits per heavy atom. The average Bonchev–Trinajstić information content (AvgIpc) is 3.69. The van der Waals surface area contributed by atoms with Crippen LogP contribution in [0, 0.1) is 0 Å². The van der Waals surface area contributed by atoms with Crippen molar-refractivity contribution in [2.24, 2.45) is 0 Å². The van der Waals surface area contributed by atoms with E-state index in [0.29, 0.717) is 18.0 Å². The van der Waals surface area contributed by atoms with E-state index >= 15 is 0 Å². The van der Waals surface area contributed by atoms with E-state index in [1.807, 2.05) is 45.5 Å². The van der Waals surface area contributed by atoms with Gasteiger partial charge in [-0.15, -0.1) is 0 Å². The molecule has 0 unspecified atom stereocenters. The molecule has 1 aliphatic carbocycles. The van der Waals surface area contributed by atoms with E-state index in [1.54, 1.807) is 18.1 Å². The molecule has 0 spiro atoms. The zero-order valence-electron chi connectivity index (χ0n) is 24.5. The Labute approximate surface area is 253 Å². The molecule has 0 saturated heterocycles. The Morgan fingerprint density at radius 3 is 2.51 bits per heavy atom. The summed E-state index contributed by atoms with van der Waals surface area (Å²) in [5.41, 5.74) is 5.42. The van der Waals surface area contributed by atoms with Gasteiger partial charge >= 0.3 is 5.76 Å². The molecule has 43 heavy (non-hydrogen) atoms. The molecule has 5 aromatic rings. The van der Waals surface area contributed by atoms with Crippen molar-refractivity contribution in [2.45, 2.75) is 64.0 Å². The highest BCUT2D eigenvalue weighted by molar-refractivity contribution is 7.98. The molecule has 6 rings (SSSR count). The van der Waals surface area contributed by atoms with Crippen LogP contribution in [0.4, 0.5) is 0 Å². The molecule has 1 N–H and O–H groups in total. The van der Waals surface area contributed by atoms with E-state index in [9.17, 15) is 9.59 Å². The van der Waals surface area contributed by atoms with Crippen LogP contribution in [-0.2, 0) is 17.6 Å². The number of rotatable bonds is 11. The van der Waals surface area contributed by atoms with Crippen LogP contribution in [0.25, 0.3) is 28.3 Å². The molecule has 3 aromatic heterocycles. The molecule has 1 aliphatic rings. The predicted molar refractivity (Wildman–Crippen MR) is 168 cm³/mol. The SMILES string of the molecule is CCCc1c(Cc2ccc(-c3ccccc3-c3noc(=O)[nH]3)cc2)c(=O)n([C@H]2CC[C@H](OCCSC)CC2)c2ncnn12. The first-order valence-corrected chi connectivity index (χ1v) is 16.3. The number of nitrogens with one attached hydrogen (secondary N) is 1. The van der Waals surface area contributed by atoms with Gasteiger partial charge in [-0.2, -0.15) is 21.8 Å². The molecule has 11 heteroatoms. The molecule has 224 valence electrons. The van der Waals surface area contributed by atoms with Gasteiger partial charge in [-0.3, -0.25) is 18.9 Å².